The van der Waals surface area contributed by atoms with Gasteiger partial charge in [-0.3, -0.25) is 13.9 Å². The highest BCUT2D eigenvalue weighted by Gasteiger charge is 2.36. The number of benzene rings is 4. The normalized spacial score (nSPS) is 14.3. The van der Waals surface area contributed by atoms with Crippen LogP contribution in [0.2, 0.25) is 10.0 Å². The molecule has 2 amide bonds. The highest BCUT2D eigenvalue weighted by atomic mass is 35.5. The Bertz CT molecular complexity index is 1750. The first-order valence-electron chi connectivity index (χ1n) is 15.5. The molecular weight excluding hydrogens is 660 g/mol. The summed E-state index contributed by atoms with van der Waals surface area (Å²) in [4.78, 5) is 30.0. The highest BCUT2D eigenvalue weighted by Crippen LogP contribution is 2.29. The minimum absolute atomic E-state index is 0.0324. The van der Waals surface area contributed by atoms with Crippen molar-refractivity contribution in [1.82, 2.24) is 10.2 Å². The van der Waals surface area contributed by atoms with Crippen molar-refractivity contribution in [3.63, 3.8) is 0 Å². The van der Waals surface area contributed by atoms with Crippen molar-refractivity contribution >= 4 is 50.7 Å². The lowest BCUT2D eigenvalue weighted by Gasteiger charge is -2.35. The molecule has 5 rings (SSSR count). The number of para-hydroxylation sites is 1. The summed E-state index contributed by atoms with van der Waals surface area (Å²) in [6.45, 7) is -0.792. The lowest BCUT2D eigenvalue weighted by molar-refractivity contribution is -0.140. The number of anilines is 1. The fourth-order valence-electron chi connectivity index (χ4n) is 5.81. The smallest absolute Gasteiger partial charge is 0.264 e. The number of hydrogen-bond donors (Lipinski definition) is 1. The van der Waals surface area contributed by atoms with Gasteiger partial charge in [0.15, 0.2) is 0 Å². The first kappa shape index (κ1) is 34.4. The molecule has 0 radical (unpaired) electrons. The third-order valence-electron chi connectivity index (χ3n) is 8.34. The lowest BCUT2D eigenvalue weighted by atomic mass is 9.94. The van der Waals surface area contributed by atoms with E-state index in [0.29, 0.717) is 15.6 Å². The molecule has 1 aliphatic rings. The summed E-state index contributed by atoms with van der Waals surface area (Å²) in [7, 11) is -4.35. The van der Waals surface area contributed by atoms with E-state index in [1.807, 2.05) is 30.3 Å². The van der Waals surface area contributed by atoms with Crippen molar-refractivity contribution < 1.29 is 22.4 Å². The summed E-state index contributed by atoms with van der Waals surface area (Å²) in [6, 6.07) is 25.8. The van der Waals surface area contributed by atoms with E-state index in [2.05, 4.69) is 5.32 Å². The molecule has 11 heteroatoms. The molecule has 4 aromatic rings. The standard InChI is InChI=1S/C36H36Cl2FN3O4S/c37-32-17-10-18-33(38)31(32)24-41(34(23-26-11-4-1-5-12-26)36(44)40-28-13-6-2-7-14-28)35(43)25-42(29-15-8-3-9-16-29)47(45,46)30-21-19-27(39)20-22-30/h1,3-5,8-12,15-22,28,34H,2,6-7,13-14,23-25H2,(H,40,44)/t34-/m1/s1. The molecule has 1 fully saturated rings. The van der Waals surface area contributed by atoms with Gasteiger partial charge >= 0.3 is 0 Å². The number of rotatable bonds is 12. The highest BCUT2D eigenvalue weighted by molar-refractivity contribution is 7.92. The molecule has 0 unspecified atom stereocenters. The van der Waals surface area contributed by atoms with Crippen LogP contribution in [0.25, 0.3) is 0 Å². The van der Waals surface area contributed by atoms with E-state index >= 15 is 0 Å². The molecular formula is C36H36Cl2FN3O4S. The van der Waals surface area contributed by atoms with Crippen LogP contribution in [0.5, 0.6) is 0 Å². The van der Waals surface area contributed by atoms with Crippen LogP contribution in [-0.4, -0.2) is 43.8 Å². The van der Waals surface area contributed by atoms with Gasteiger partial charge in [-0.25, -0.2) is 12.8 Å². The first-order chi connectivity index (χ1) is 22.6. The average molecular weight is 697 g/mol. The maximum atomic E-state index is 14.6. The van der Waals surface area contributed by atoms with E-state index in [1.54, 1.807) is 48.5 Å². The molecule has 0 heterocycles. The van der Waals surface area contributed by atoms with Crippen LogP contribution >= 0.6 is 23.2 Å². The van der Waals surface area contributed by atoms with Gasteiger partial charge in [-0.1, -0.05) is 97.1 Å². The number of sulfonamides is 1. The number of carbonyl (C=O) groups is 2. The molecule has 0 spiro atoms. The summed E-state index contributed by atoms with van der Waals surface area (Å²) in [5, 5.41) is 3.78. The van der Waals surface area contributed by atoms with Crippen LogP contribution in [0.4, 0.5) is 10.1 Å². The molecule has 4 aromatic carbocycles. The summed E-state index contributed by atoms with van der Waals surface area (Å²) in [5.74, 6) is -1.58. The minimum atomic E-state index is -4.35. The number of amides is 2. The van der Waals surface area contributed by atoms with Crippen LogP contribution in [0.15, 0.2) is 108 Å². The predicted octanol–water partition coefficient (Wildman–Crippen LogP) is 7.42. The van der Waals surface area contributed by atoms with Crippen molar-refractivity contribution in [3.8, 4) is 0 Å². The van der Waals surface area contributed by atoms with Crippen molar-refractivity contribution in [3.05, 3.63) is 130 Å². The largest absolute Gasteiger partial charge is 0.352 e. The van der Waals surface area contributed by atoms with Crippen LogP contribution in [0, 0.1) is 5.82 Å². The Morgan fingerprint density at radius 1 is 0.809 bits per heavy atom. The monoisotopic (exact) mass is 695 g/mol. The molecule has 0 saturated heterocycles. The second-order valence-electron chi connectivity index (χ2n) is 11.6. The van der Waals surface area contributed by atoms with Gasteiger partial charge < -0.3 is 10.2 Å². The SMILES string of the molecule is O=C(NC1CCCCC1)[C@@H](Cc1ccccc1)N(Cc1c(Cl)cccc1Cl)C(=O)CN(c1ccccc1)S(=O)(=O)c1ccc(F)cc1. The van der Waals surface area contributed by atoms with E-state index < -0.39 is 34.3 Å². The molecule has 246 valence electrons. The van der Waals surface area contributed by atoms with Gasteiger partial charge in [-0.15, -0.1) is 0 Å². The van der Waals surface area contributed by atoms with E-state index in [-0.39, 0.29) is 35.5 Å². The van der Waals surface area contributed by atoms with Crippen LogP contribution in [-0.2, 0) is 32.6 Å². The Hall–Kier alpha value is -3.92. The van der Waals surface area contributed by atoms with Gasteiger partial charge in [0.05, 0.1) is 10.6 Å². The maximum Gasteiger partial charge on any atom is 0.264 e. The van der Waals surface area contributed by atoms with E-state index in [4.69, 9.17) is 23.2 Å². The molecule has 1 aliphatic carbocycles. The van der Waals surface area contributed by atoms with Gasteiger partial charge in [0.25, 0.3) is 10.0 Å². The zero-order valence-corrected chi connectivity index (χ0v) is 28.0. The topological polar surface area (TPSA) is 86.8 Å². The van der Waals surface area contributed by atoms with Crippen molar-refractivity contribution in [2.45, 2.75) is 62.0 Å². The Morgan fingerprint density at radius 2 is 1.40 bits per heavy atom. The number of nitrogens with one attached hydrogen (secondary N) is 1. The fraction of sp³-hybridized carbons (Fsp3) is 0.278. The van der Waals surface area contributed by atoms with Crippen molar-refractivity contribution in [2.24, 2.45) is 0 Å². The van der Waals surface area contributed by atoms with E-state index in [1.165, 1.54) is 4.90 Å². The van der Waals surface area contributed by atoms with Crippen LogP contribution in [0.3, 0.4) is 0 Å². The Balaban J connectivity index is 1.58. The molecule has 7 nitrogen and oxygen atoms in total. The van der Waals surface area contributed by atoms with Gasteiger partial charge in [-0.2, -0.15) is 0 Å². The molecule has 0 aromatic heterocycles. The van der Waals surface area contributed by atoms with Gasteiger partial charge in [0, 0.05) is 34.6 Å². The minimum Gasteiger partial charge on any atom is -0.352 e. The van der Waals surface area contributed by atoms with Crippen molar-refractivity contribution in [1.29, 1.82) is 0 Å². The molecule has 1 atom stereocenters. The second kappa shape index (κ2) is 15.8. The summed E-state index contributed by atoms with van der Waals surface area (Å²) in [6.07, 6.45) is 4.95. The van der Waals surface area contributed by atoms with Crippen LogP contribution in [0.1, 0.15) is 43.2 Å². The number of halogens is 3. The third kappa shape index (κ3) is 8.71. The number of hydrogen-bond acceptors (Lipinski definition) is 4. The van der Waals surface area contributed by atoms with E-state index in [0.717, 1.165) is 66.2 Å². The van der Waals surface area contributed by atoms with Gasteiger partial charge in [0.2, 0.25) is 11.8 Å². The summed E-state index contributed by atoms with van der Waals surface area (Å²) in [5.41, 5.74) is 1.48. The molecule has 1 saturated carbocycles. The van der Waals surface area contributed by atoms with Gasteiger partial charge in [-0.05, 0) is 66.9 Å². The maximum absolute atomic E-state index is 14.6. The fourth-order valence-corrected chi connectivity index (χ4v) is 7.74. The first-order valence-corrected chi connectivity index (χ1v) is 17.7. The second-order valence-corrected chi connectivity index (χ2v) is 14.2. The molecule has 0 aliphatic heterocycles. The average Bonchev–Trinajstić information content (AvgIpc) is 3.07. The third-order valence-corrected chi connectivity index (χ3v) is 10.8. The van der Waals surface area contributed by atoms with E-state index in [9.17, 15) is 22.4 Å². The zero-order valence-electron chi connectivity index (χ0n) is 25.7. The Kier molecular flexibility index (Phi) is 11.6. The van der Waals surface area contributed by atoms with Gasteiger partial charge in [0.1, 0.15) is 18.4 Å². The quantitative estimate of drug-likeness (QED) is 0.167. The Labute approximate surface area is 285 Å². The Morgan fingerprint density at radius 3 is 2.02 bits per heavy atom. The predicted molar refractivity (Wildman–Crippen MR) is 183 cm³/mol. The number of carbonyl (C=O) groups excluding carboxylic acids is 2. The number of nitrogens with zero attached hydrogens (tertiary/aromatic N) is 2. The summed E-state index contributed by atoms with van der Waals surface area (Å²) < 4.78 is 42.8. The lowest BCUT2D eigenvalue weighted by Crippen LogP contribution is -2.55. The van der Waals surface area contributed by atoms with Crippen LogP contribution < -0.4 is 9.62 Å². The zero-order chi connectivity index (χ0) is 33.4. The summed E-state index contributed by atoms with van der Waals surface area (Å²) >= 11 is 13.2. The molecule has 0 bridgehead atoms. The molecule has 47 heavy (non-hydrogen) atoms. The van der Waals surface area contributed by atoms with Crippen molar-refractivity contribution in [2.75, 3.05) is 10.8 Å². The molecule has 1 N–H and O–H groups in total.